The van der Waals surface area contributed by atoms with Gasteiger partial charge >= 0.3 is 0 Å². The fourth-order valence-electron chi connectivity index (χ4n) is 2.60. The molecule has 3 rings (SSSR count). The highest BCUT2D eigenvalue weighted by atomic mass is 35.5. The fraction of sp³-hybridized carbons (Fsp3) is 0.136. The molecule has 0 radical (unpaired) electrons. The van der Waals surface area contributed by atoms with Gasteiger partial charge in [0.05, 0.1) is 17.0 Å². The lowest BCUT2D eigenvalue weighted by Gasteiger charge is -2.10. The first kappa shape index (κ1) is 20.5. The number of ether oxygens (including phenoxy) is 1. The first-order valence-corrected chi connectivity index (χ1v) is 9.38. The molecule has 0 spiro atoms. The van der Waals surface area contributed by atoms with Gasteiger partial charge < -0.3 is 10.5 Å². The number of allylic oxidation sites excluding steroid dienone is 2. The second-order valence-electron chi connectivity index (χ2n) is 6.37. The molecule has 7 heteroatoms. The van der Waals surface area contributed by atoms with E-state index in [9.17, 15) is 0 Å². The summed E-state index contributed by atoms with van der Waals surface area (Å²) in [6.45, 7) is 6.06. The van der Waals surface area contributed by atoms with Gasteiger partial charge in [0.2, 0.25) is 11.8 Å². The molecule has 2 aromatic heterocycles. The van der Waals surface area contributed by atoms with Gasteiger partial charge in [-0.25, -0.2) is 9.67 Å². The standard InChI is InChI=1S/C22H22ClN5O/c1-15(14-24)9-11-18(25-2)17-10-12-20(23)26-22(17)29-21-13-19(27-28(21)3)16-7-5-4-6-8-16/h4-13H,2,14,24H2,1,3H3/b15-9+,18-11-. The van der Waals surface area contributed by atoms with Crippen LogP contribution in [0.25, 0.3) is 17.0 Å². The molecule has 2 N–H and O–H groups in total. The van der Waals surface area contributed by atoms with Crippen LogP contribution < -0.4 is 10.5 Å². The number of aromatic nitrogens is 3. The molecule has 1 aromatic carbocycles. The van der Waals surface area contributed by atoms with E-state index < -0.39 is 0 Å². The van der Waals surface area contributed by atoms with Crippen molar-refractivity contribution in [3.05, 3.63) is 77.0 Å². The van der Waals surface area contributed by atoms with Gasteiger partial charge in [0.15, 0.2) is 0 Å². The molecule has 29 heavy (non-hydrogen) atoms. The highest BCUT2D eigenvalue weighted by molar-refractivity contribution is 6.29. The van der Waals surface area contributed by atoms with E-state index >= 15 is 0 Å². The van der Waals surface area contributed by atoms with Gasteiger partial charge in [0.25, 0.3) is 0 Å². The van der Waals surface area contributed by atoms with Gasteiger partial charge in [-0.1, -0.05) is 53.6 Å². The summed E-state index contributed by atoms with van der Waals surface area (Å²) < 4.78 is 7.72. The molecule has 0 saturated carbocycles. The summed E-state index contributed by atoms with van der Waals surface area (Å²) in [5, 5.41) is 4.83. The zero-order valence-electron chi connectivity index (χ0n) is 16.3. The molecule has 3 aromatic rings. The highest BCUT2D eigenvalue weighted by Gasteiger charge is 2.15. The summed E-state index contributed by atoms with van der Waals surface area (Å²) in [6.07, 6.45) is 3.71. The molecular weight excluding hydrogens is 386 g/mol. The topological polar surface area (TPSA) is 78.3 Å². The van der Waals surface area contributed by atoms with Gasteiger partial charge in [0.1, 0.15) is 5.15 Å². The number of nitrogens with two attached hydrogens (primary N) is 1. The zero-order chi connectivity index (χ0) is 20.8. The number of halogens is 1. The average molecular weight is 408 g/mol. The third kappa shape index (κ3) is 4.99. The summed E-state index contributed by atoms with van der Waals surface area (Å²) in [5.41, 5.74) is 9.71. The number of aliphatic imine (C=N–C) groups is 1. The van der Waals surface area contributed by atoms with Crippen LogP contribution in [0.1, 0.15) is 12.5 Å². The van der Waals surface area contributed by atoms with Crippen LogP contribution in [0.4, 0.5) is 0 Å². The van der Waals surface area contributed by atoms with Crippen LogP contribution in [0.15, 0.2) is 71.2 Å². The Morgan fingerprint density at radius 1 is 1.24 bits per heavy atom. The second-order valence-corrected chi connectivity index (χ2v) is 6.76. The molecule has 0 unspecified atom stereocenters. The molecule has 148 valence electrons. The number of rotatable bonds is 7. The van der Waals surface area contributed by atoms with E-state index in [1.807, 2.05) is 62.5 Å². The lowest BCUT2D eigenvalue weighted by Crippen LogP contribution is -2.00. The Kier molecular flexibility index (Phi) is 6.59. The van der Waals surface area contributed by atoms with Crippen LogP contribution in [-0.4, -0.2) is 28.0 Å². The maximum atomic E-state index is 6.11. The quantitative estimate of drug-likeness (QED) is 0.344. The second kappa shape index (κ2) is 9.32. The third-order valence-corrected chi connectivity index (χ3v) is 4.44. The van der Waals surface area contributed by atoms with Gasteiger partial charge in [-0.15, -0.1) is 0 Å². The largest absolute Gasteiger partial charge is 0.420 e. The van der Waals surface area contributed by atoms with Crippen LogP contribution in [0, 0.1) is 0 Å². The van der Waals surface area contributed by atoms with Crippen LogP contribution >= 0.6 is 11.6 Å². The molecule has 0 saturated heterocycles. The smallest absolute Gasteiger partial charge is 0.232 e. The number of aryl methyl sites for hydroxylation is 1. The summed E-state index contributed by atoms with van der Waals surface area (Å²) in [7, 11) is 1.81. The summed E-state index contributed by atoms with van der Waals surface area (Å²) in [6, 6.07) is 15.2. The minimum Gasteiger partial charge on any atom is -0.420 e. The number of benzene rings is 1. The number of pyridine rings is 1. The molecule has 0 atom stereocenters. The Bertz CT molecular complexity index is 1070. The SMILES string of the molecule is C=N/C(=C\C=C(/C)CN)c1ccc(Cl)nc1Oc1cc(-c2ccccc2)nn1C. The van der Waals surface area contributed by atoms with Crippen LogP contribution in [-0.2, 0) is 7.05 Å². The van der Waals surface area contributed by atoms with Gasteiger partial charge in [-0.3, -0.25) is 4.99 Å². The molecule has 0 aliphatic heterocycles. The Balaban J connectivity index is 1.99. The third-order valence-electron chi connectivity index (χ3n) is 4.23. The molecule has 0 amide bonds. The molecule has 6 nitrogen and oxygen atoms in total. The molecule has 0 aliphatic carbocycles. The first-order chi connectivity index (χ1) is 14.0. The lowest BCUT2D eigenvalue weighted by atomic mass is 10.1. The Hall–Kier alpha value is -3.22. The maximum Gasteiger partial charge on any atom is 0.232 e. The molecule has 0 fully saturated rings. The van der Waals surface area contributed by atoms with E-state index in [4.69, 9.17) is 22.1 Å². The molecule has 0 bridgehead atoms. The molecular formula is C22H22ClN5O. The van der Waals surface area contributed by atoms with Crippen molar-refractivity contribution in [1.82, 2.24) is 14.8 Å². The average Bonchev–Trinajstić information content (AvgIpc) is 3.10. The van der Waals surface area contributed by atoms with Crippen LogP contribution in [0.2, 0.25) is 5.15 Å². The predicted molar refractivity (Wildman–Crippen MR) is 118 cm³/mol. The van der Waals surface area contributed by atoms with Crippen molar-refractivity contribution in [1.29, 1.82) is 0 Å². The number of nitrogens with zero attached hydrogens (tertiary/aromatic N) is 4. The Morgan fingerprint density at radius 2 is 2.00 bits per heavy atom. The van der Waals surface area contributed by atoms with E-state index in [0.717, 1.165) is 16.8 Å². The summed E-state index contributed by atoms with van der Waals surface area (Å²) >= 11 is 6.11. The Morgan fingerprint density at radius 3 is 2.69 bits per heavy atom. The minimum absolute atomic E-state index is 0.311. The normalized spacial score (nSPS) is 12.1. The summed E-state index contributed by atoms with van der Waals surface area (Å²) in [4.78, 5) is 8.45. The first-order valence-electron chi connectivity index (χ1n) is 9.00. The van der Waals surface area contributed by atoms with Crippen LogP contribution in [0.3, 0.4) is 0 Å². The zero-order valence-corrected chi connectivity index (χ0v) is 17.1. The number of hydrogen-bond acceptors (Lipinski definition) is 5. The van der Waals surface area contributed by atoms with E-state index in [-0.39, 0.29) is 0 Å². The Labute approximate surface area is 175 Å². The van der Waals surface area contributed by atoms with Crippen LogP contribution in [0.5, 0.6) is 11.8 Å². The highest BCUT2D eigenvalue weighted by Crippen LogP contribution is 2.32. The van der Waals surface area contributed by atoms with Crippen molar-refractivity contribution >= 4 is 24.0 Å². The van der Waals surface area contributed by atoms with Crippen molar-refractivity contribution < 1.29 is 4.74 Å². The van der Waals surface area contributed by atoms with E-state index in [2.05, 4.69) is 21.8 Å². The van der Waals surface area contributed by atoms with Gasteiger partial charge in [-0.05, 0) is 31.9 Å². The van der Waals surface area contributed by atoms with Crippen molar-refractivity contribution in [2.24, 2.45) is 17.8 Å². The number of hydrogen-bond donors (Lipinski definition) is 1. The van der Waals surface area contributed by atoms with Crippen molar-refractivity contribution in [3.63, 3.8) is 0 Å². The maximum absolute atomic E-state index is 6.11. The summed E-state index contributed by atoms with van der Waals surface area (Å²) in [5.74, 6) is 0.842. The van der Waals surface area contributed by atoms with Gasteiger partial charge in [-0.2, -0.15) is 5.10 Å². The van der Waals surface area contributed by atoms with Crippen molar-refractivity contribution in [2.75, 3.05) is 6.54 Å². The monoisotopic (exact) mass is 407 g/mol. The predicted octanol–water partition coefficient (Wildman–Crippen LogP) is 4.87. The molecule has 0 aliphatic rings. The van der Waals surface area contributed by atoms with Gasteiger partial charge in [0, 0.05) is 25.2 Å². The van der Waals surface area contributed by atoms with Crippen molar-refractivity contribution in [3.8, 4) is 23.0 Å². The van der Waals surface area contributed by atoms with Crippen molar-refractivity contribution in [2.45, 2.75) is 6.92 Å². The fourth-order valence-corrected chi connectivity index (χ4v) is 2.74. The lowest BCUT2D eigenvalue weighted by molar-refractivity contribution is 0.414. The van der Waals surface area contributed by atoms with E-state index in [0.29, 0.717) is 34.7 Å². The molecule has 2 heterocycles. The minimum atomic E-state index is 0.311. The van der Waals surface area contributed by atoms with E-state index in [1.165, 1.54) is 0 Å². The van der Waals surface area contributed by atoms with E-state index in [1.54, 1.807) is 16.8 Å².